The number of aryl methyl sites for hydroxylation is 2. The Morgan fingerprint density at radius 3 is 2.39 bits per heavy atom. The van der Waals surface area contributed by atoms with Crippen molar-refractivity contribution < 1.29 is 9.90 Å². The van der Waals surface area contributed by atoms with E-state index in [4.69, 9.17) is 0 Å². The lowest BCUT2D eigenvalue weighted by Gasteiger charge is -2.31. The van der Waals surface area contributed by atoms with Crippen LogP contribution < -0.4 is 10.2 Å². The molecule has 0 atom stereocenters. The van der Waals surface area contributed by atoms with E-state index in [2.05, 4.69) is 20.2 Å². The zero-order chi connectivity index (χ0) is 19.7. The molecule has 1 aromatic heterocycles. The lowest BCUT2D eigenvalue weighted by molar-refractivity contribution is -0.120. The van der Waals surface area contributed by atoms with Crippen LogP contribution in [0.1, 0.15) is 24.2 Å². The Labute approximate surface area is 164 Å². The minimum Gasteiger partial charge on any atom is -0.507 e. The van der Waals surface area contributed by atoms with Crippen molar-refractivity contribution in [3.63, 3.8) is 0 Å². The Morgan fingerprint density at radius 2 is 1.68 bits per heavy atom. The number of hydrogen-bond acceptors (Lipinski definition) is 5. The summed E-state index contributed by atoms with van der Waals surface area (Å²) in [4.78, 5) is 24.0. The quantitative estimate of drug-likeness (QED) is 0.727. The molecule has 4 rings (SSSR count). The topological polar surface area (TPSA) is 78.4 Å². The van der Waals surface area contributed by atoms with Gasteiger partial charge in [0, 0.05) is 46.9 Å². The fraction of sp³-hybridized carbons (Fsp3) is 0.318. The maximum Gasteiger partial charge on any atom is 0.227 e. The zero-order valence-electron chi connectivity index (χ0n) is 16.1. The molecule has 1 aliphatic rings. The third-order valence-electron chi connectivity index (χ3n) is 5.28. The molecular formula is C22H24N4O2. The average Bonchev–Trinajstić information content (AvgIpc) is 2.68. The van der Waals surface area contributed by atoms with E-state index in [-0.39, 0.29) is 17.6 Å². The number of hydrogen-bond donors (Lipinski definition) is 2. The van der Waals surface area contributed by atoms with Crippen LogP contribution in [0.2, 0.25) is 0 Å². The smallest absolute Gasteiger partial charge is 0.227 e. The highest BCUT2D eigenvalue weighted by Gasteiger charge is 2.26. The second-order valence-electron chi connectivity index (χ2n) is 7.38. The summed E-state index contributed by atoms with van der Waals surface area (Å²) in [6.45, 7) is 5.47. The Bertz CT molecular complexity index is 1010. The normalized spacial score (nSPS) is 15.0. The van der Waals surface area contributed by atoms with Crippen molar-refractivity contribution in [2.24, 2.45) is 5.92 Å². The van der Waals surface area contributed by atoms with Crippen molar-refractivity contribution >= 4 is 28.3 Å². The van der Waals surface area contributed by atoms with E-state index in [9.17, 15) is 9.90 Å². The second-order valence-corrected chi connectivity index (χ2v) is 7.38. The molecule has 1 saturated heterocycles. The molecule has 0 aliphatic carbocycles. The van der Waals surface area contributed by atoms with Crippen LogP contribution in [0.25, 0.3) is 10.8 Å². The number of anilines is 2. The largest absolute Gasteiger partial charge is 0.507 e. The van der Waals surface area contributed by atoms with Crippen LogP contribution in [-0.2, 0) is 4.79 Å². The molecule has 2 heterocycles. The molecule has 0 unspecified atom stereocenters. The SMILES string of the molecule is Cc1cc(C)nc(N2CCC(C(=O)Nc3cccc4c(O)cccc34)CC2)n1. The molecule has 0 saturated carbocycles. The van der Waals surface area contributed by atoms with Crippen molar-refractivity contribution in [2.75, 3.05) is 23.3 Å². The summed E-state index contributed by atoms with van der Waals surface area (Å²) in [6.07, 6.45) is 1.52. The predicted octanol–water partition coefficient (Wildman–Crippen LogP) is 3.81. The zero-order valence-corrected chi connectivity index (χ0v) is 16.1. The molecule has 2 aromatic carbocycles. The van der Waals surface area contributed by atoms with E-state index in [1.165, 1.54) is 0 Å². The number of phenols is 1. The number of fused-ring (bicyclic) bond motifs is 1. The Kier molecular flexibility index (Phi) is 4.86. The molecule has 0 bridgehead atoms. The number of piperidine rings is 1. The van der Waals surface area contributed by atoms with Gasteiger partial charge in [-0.2, -0.15) is 0 Å². The Balaban J connectivity index is 1.44. The van der Waals surface area contributed by atoms with Gasteiger partial charge < -0.3 is 15.3 Å². The fourth-order valence-electron chi connectivity index (χ4n) is 3.83. The van der Waals surface area contributed by atoms with E-state index < -0.39 is 0 Å². The lowest BCUT2D eigenvalue weighted by atomic mass is 9.95. The third-order valence-corrected chi connectivity index (χ3v) is 5.28. The van der Waals surface area contributed by atoms with Gasteiger partial charge in [-0.1, -0.05) is 24.3 Å². The van der Waals surface area contributed by atoms with Gasteiger partial charge in [0.2, 0.25) is 11.9 Å². The summed E-state index contributed by atoms with van der Waals surface area (Å²) in [5.41, 5.74) is 2.65. The number of nitrogens with zero attached hydrogens (tertiary/aromatic N) is 3. The van der Waals surface area contributed by atoms with Gasteiger partial charge in [-0.15, -0.1) is 0 Å². The van der Waals surface area contributed by atoms with E-state index >= 15 is 0 Å². The van der Waals surface area contributed by atoms with E-state index in [1.807, 2.05) is 44.2 Å². The van der Waals surface area contributed by atoms with Gasteiger partial charge in [0.05, 0.1) is 0 Å². The number of carbonyl (C=O) groups is 1. The molecule has 0 spiro atoms. The molecule has 1 fully saturated rings. The summed E-state index contributed by atoms with van der Waals surface area (Å²) >= 11 is 0. The number of rotatable bonds is 3. The number of aromatic hydroxyl groups is 1. The number of nitrogens with one attached hydrogen (secondary N) is 1. The highest BCUT2D eigenvalue weighted by Crippen LogP contribution is 2.31. The Morgan fingerprint density at radius 1 is 1.04 bits per heavy atom. The van der Waals surface area contributed by atoms with Crippen LogP contribution in [-0.4, -0.2) is 34.1 Å². The number of carbonyl (C=O) groups excluding carboxylic acids is 1. The number of amides is 1. The molecule has 6 heteroatoms. The van der Waals surface area contributed by atoms with E-state index in [0.29, 0.717) is 0 Å². The lowest BCUT2D eigenvalue weighted by Crippen LogP contribution is -2.39. The molecule has 144 valence electrons. The highest BCUT2D eigenvalue weighted by molar-refractivity contribution is 6.04. The third kappa shape index (κ3) is 3.63. The van der Waals surface area contributed by atoms with E-state index in [1.54, 1.807) is 12.1 Å². The number of phenolic OH excluding ortho intramolecular Hbond substituents is 1. The first-order chi connectivity index (χ1) is 13.5. The molecule has 28 heavy (non-hydrogen) atoms. The van der Waals surface area contributed by atoms with Crippen LogP contribution in [0.4, 0.5) is 11.6 Å². The van der Waals surface area contributed by atoms with Gasteiger partial charge in [-0.3, -0.25) is 4.79 Å². The standard InChI is InChI=1S/C22H24N4O2/c1-14-13-15(2)24-22(23-14)26-11-9-16(10-12-26)21(28)25-19-7-3-6-18-17(19)5-4-8-20(18)27/h3-8,13,16,27H,9-12H2,1-2H3,(H,25,28). The predicted molar refractivity (Wildman–Crippen MR) is 111 cm³/mol. The molecular weight excluding hydrogens is 352 g/mol. The van der Waals surface area contributed by atoms with Crippen LogP contribution in [0, 0.1) is 19.8 Å². The molecule has 2 N–H and O–H groups in total. The average molecular weight is 376 g/mol. The molecule has 0 radical (unpaired) electrons. The van der Waals surface area contributed by atoms with Crippen LogP contribution in [0.5, 0.6) is 5.75 Å². The molecule has 1 amide bonds. The minimum atomic E-state index is -0.0466. The van der Waals surface area contributed by atoms with Gasteiger partial charge >= 0.3 is 0 Å². The maximum absolute atomic E-state index is 12.8. The van der Waals surface area contributed by atoms with Crippen molar-refractivity contribution in [1.29, 1.82) is 0 Å². The van der Waals surface area contributed by atoms with Crippen molar-refractivity contribution in [2.45, 2.75) is 26.7 Å². The van der Waals surface area contributed by atoms with Gasteiger partial charge in [-0.25, -0.2) is 9.97 Å². The first kappa shape index (κ1) is 18.2. The summed E-state index contributed by atoms with van der Waals surface area (Å²) in [5, 5.41) is 14.7. The first-order valence-corrected chi connectivity index (χ1v) is 9.60. The van der Waals surface area contributed by atoms with Crippen LogP contribution in [0.15, 0.2) is 42.5 Å². The van der Waals surface area contributed by atoms with Gasteiger partial charge in [0.1, 0.15) is 5.75 Å². The van der Waals surface area contributed by atoms with Crippen LogP contribution in [0.3, 0.4) is 0 Å². The number of aromatic nitrogens is 2. The van der Waals surface area contributed by atoms with Gasteiger partial charge in [-0.05, 0) is 44.9 Å². The van der Waals surface area contributed by atoms with Crippen molar-refractivity contribution in [3.05, 3.63) is 53.9 Å². The van der Waals surface area contributed by atoms with E-state index in [0.717, 1.165) is 59.7 Å². The molecule has 6 nitrogen and oxygen atoms in total. The summed E-state index contributed by atoms with van der Waals surface area (Å²) in [6, 6.07) is 12.9. The number of benzene rings is 2. The van der Waals surface area contributed by atoms with Crippen molar-refractivity contribution in [3.8, 4) is 5.75 Å². The minimum absolute atomic E-state index is 0.0248. The van der Waals surface area contributed by atoms with Crippen molar-refractivity contribution in [1.82, 2.24) is 9.97 Å². The van der Waals surface area contributed by atoms with Crippen LogP contribution >= 0.6 is 0 Å². The summed E-state index contributed by atoms with van der Waals surface area (Å²) in [7, 11) is 0. The summed E-state index contributed by atoms with van der Waals surface area (Å²) < 4.78 is 0. The Hall–Kier alpha value is -3.15. The molecule has 3 aromatic rings. The second kappa shape index (κ2) is 7.46. The first-order valence-electron chi connectivity index (χ1n) is 9.60. The monoisotopic (exact) mass is 376 g/mol. The maximum atomic E-state index is 12.8. The highest BCUT2D eigenvalue weighted by atomic mass is 16.3. The fourth-order valence-corrected chi connectivity index (χ4v) is 3.83. The van der Waals surface area contributed by atoms with Gasteiger partial charge in [0.25, 0.3) is 0 Å². The molecule has 1 aliphatic heterocycles. The van der Waals surface area contributed by atoms with Gasteiger partial charge in [0.15, 0.2) is 0 Å². The summed E-state index contributed by atoms with van der Waals surface area (Å²) in [5.74, 6) is 0.947.